The highest BCUT2D eigenvalue weighted by atomic mass is 32.2. The third-order valence-corrected chi connectivity index (χ3v) is 9.96. The van der Waals surface area contributed by atoms with Gasteiger partial charge in [-0.05, 0) is 79.6 Å². The smallest absolute Gasteiger partial charge is 0.260 e. The van der Waals surface area contributed by atoms with Gasteiger partial charge in [0.05, 0.1) is 27.9 Å². The molecule has 188 valence electrons. The van der Waals surface area contributed by atoms with Gasteiger partial charge in [-0.2, -0.15) is 4.31 Å². The van der Waals surface area contributed by atoms with Gasteiger partial charge in [-0.25, -0.2) is 13.4 Å². The summed E-state index contributed by atoms with van der Waals surface area (Å²) in [7, 11) is -3.59. The van der Waals surface area contributed by atoms with Crippen LogP contribution in [-0.4, -0.2) is 43.0 Å². The third-order valence-electron chi connectivity index (χ3n) is 6.31. The van der Waals surface area contributed by atoms with Gasteiger partial charge < -0.3 is 4.42 Å². The Balaban J connectivity index is 1.45. The van der Waals surface area contributed by atoms with Crippen LogP contribution < -0.4 is 4.90 Å². The quantitative estimate of drug-likeness (QED) is 0.272. The van der Waals surface area contributed by atoms with E-state index in [4.69, 9.17) is 9.40 Å². The molecule has 0 N–H and O–H groups in total. The standard InChI is InChI=1S/C26H27N3O4S3/c1-18-5-3-13-28(16-18)36(31,32)22-10-7-19(8-11-22)25(30)29(17-20-6-4-14-33-20)26-27-23-12-9-21(34-2)15-24(23)35-26/h4,6-12,14-15,18H,3,5,13,16-17H2,1-2H3. The van der Waals surface area contributed by atoms with Crippen molar-refractivity contribution in [3.05, 3.63) is 72.2 Å². The monoisotopic (exact) mass is 541 g/mol. The molecule has 10 heteroatoms. The summed E-state index contributed by atoms with van der Waals surface area (Å²) >= 11 is 3.10. The molecule has 1 aliphatic heterocycles. The maximum absolute atomic E-state index is 13.7. The third kappa shape index (κ3) is 5.08. The number of nitrogens with zero attached hydrogens (tertiary/aromatic N) is 3. The number of hydrogen-bond acceptors (Lipinski definition) is 7. The molecule has 2 aromatic carbocycles. The number of fused-ring (bicyclic) bond motifs is 1. The van der Waals surface area contributed by atoms with Crippen LogP contribution in [0.4, 0.5) is 5.13 Å². The first-order valence-corrected chi connectivity index (χ1v) is 15.2. The molecule has 2 aromatic heterocycles. The van der Waals surface area contributed by atoms with Crippen molar-refractivity contribution >= 4 is 54.4 Å². The molecule has 4 aromatic rings. The van der Waals surface area contributed by atoms with E-state index in [1.165, 1.54) is 23.5 Å². The molecule has 1 fully saturated rings. The van der Waals surface area contributed by atoms with E-state index in [1.807, 2.05) is 24.5 Å². The van der Waals surface area contributed by atoms with Gasteiger partial charge in [0.15, 0.2) is 5.13 Å². The number of thiazole rings is 1. The van der Waals surface area contributed by atoms with Crippen molar-refractivity contribution < 1.29 is 17.6 Å². The van der Waals surface area contributed by atoms with Gasteiger partial charge in [0.25, 0.3) is 5.91 Å². The van der Waals surface area contributed by atoms with Crippen molar-refractivity contribution in [3.63, 3.8) is 0 Å². The van der Waals surface area contributed by atoms with Crippen molar-refractivity contribution in [1.29, 1.82) is 0 Å². The Labute approximate surface area is 219 Å². The lowest BCUT2D eigenvalue weighted by molar-refractivity contribution is 0.0983. The Kier molecular flexibility index (Phi) is 7.21. The van der Waals surface area contributed by atoms with Gasteiger partial charge in [-0.15, -0.1) is 11.8 Å². The van der Waals surface area contributed by atoms with Crippen LogP contribution in [0.15, 0.2) is 75.1 Å². The van der Waals surface area contributed by atoms with Crippen LogP contribution in [0.2, 0.25) is 0 Å². The molecule has 1 aliphatic rings. The fourth-order valence-corrected chi connectivity index (χ4v) is 7.47. The molecule has 3 heterocycles. The fourth-order valence-electron chi connectivity index (χ4n) is 4.36. The maximum Gasteiger partial charge on any atom is 0.260 e. The number of benzene rings is 2. The zero-order chi connectivity index (χ0) is 25.3. The maximum atomic E-state index is 13.7. The van der Waals surface area contributed by atoms with E-state index < -0.39 is 10.0 Å². The van der Waals surface area contributed by atoms with E-state index in [1.54, 1.807) is 45.4 Å². The zero-order valence-electron chi connectivity index (χ0n) is 20.1. The van der Waals surface area contributed by atoms with Crippen LogP contribution >= 0.6 is 23.1 Å². The van der Waals surface area contributed by atoms with Crippen LogP contribution in [-0.2, 0) is 16.6 Å². The number of aromatic nitrogens is 1. The van der Waals surface area contributed by atoms with E-state index >= 15 is 0 Å². The number of thioether (sulfide) groups is 1. The summed E-state index contributed by atoms with van der Waals surface area (Å²) in [5.41, 5.74) is 1.21. The molecule has 1 unspecified atom stereocenters. The number of furan rings is 1. The van der Waals surface area contributed by atoms with Crippen molar-refractivity contribution in [1.82, 2.24) is 9.29 Å². The topological polar surface area (TPSA) is 83.7 Å². The molecule has 0 aliphatic carbocycles. The van der Waals surface area contributed by atoms with E-state index in [0.717, 1.165) is 28.0 Å². The lowest BCUT2D eigenvalue weighted by atomic mass is 10.0. The highest BCUT2D eigenvalue weighted by Crippen LogP contribution is 2.33. The van der Waals surface area contributed by atoms with Gasteiger partial charge in [0.2, 0.25) is 10.0 Å². The van der Waals surface area contributed by atoms with Crippen molar-refractivity contribution in [2.45, 2.75) is 36.1 Å². The number of sulfonamides is 1. The minimum Gasteiger partial charge on any atom is -0.467 e. The minimum atomic E-state index is -3.59. The largest absolute Gasteiger partial charge is 0.467 e. The summed E-state index contributed by atoms with van der Waals surface area (Å²) in [6.07, 6.45) is 5.49. The average Bonchev–Trinajstić information content (AvgIpc) is 3.56. The van der Waals surface area contributed by atoms with Gasteiger partial charge in [0.1, 0.15) is 5.76 Å². The van der Waals surface area contributed by atoms with Crippen LogP contribution in [0.25, 0.3) is 10.2 Å². The normalized spacial score (nSPS) is 16.9. The Morgan fingerprint density at radius 2 is 2.03 bits per heavy atom. The van der Waals surface area contributed by atoms with Crippen molar-refractivity contribution in [3.8, 4) is 0 Å². The second-order valence-corrected chi connectivity index (χ2v) is 12.8. The molecular formula is C26H27N3O4S3. The van der Waals surface area contributed by atoms with Crippen molar-refractivity contribution in [2.24, 2.45) is 5.92 Å². The molecule has 1 amide bonds. The number of carbonyl (C=O) groups excluding carboxylic acids is 1. The minimum absolute atomic E-state index is 0.204. The average molecular weight is 542 g/mol. The highest BCUT2D eigenvalue weighted by molar-refractivity contribution is 7.98. The van der Waals surface area contributed by atoms with Crippen LogP contribution in [0.1, 0.15) is 35.9 Å². The number of amides is 1. The molecule has 0 saturated carbocycles. The van der Waals surface area contributed by atoms with Gasteiger partial charge >= 0.3 is 0 Å². The Hall–Kier alpha value is -2.66. The zero-order valence-corrected chi connectivity index (χ0v) is 22.5. The van der Waals surface area contributed by atoms with Crippen molar-refractivity contribution in [2.75, 3.05) is 24.2 Å². The lowest BCUT2D eigenvalue weighted by Gasteiger charge is -2.30. The number of rotatable bonds is 7. The lowest BCUT2D eigenvalue weighted by Crippen LogP contribution is -2.39. The SMILES string of the molecule is CSc1ccc2nc(N(Cc3ccco3)C(=O)c3ccc(S(=O)(=O)N4CCCC(C)C4)cc3)sc2c1. The molecule has 1 saturated heterocycles. The first-order valence-electron chi connectivity index (χ1n) is 11.7. The summed E-state index contributed by atoms with van der Waals surface area (Å²) in [6, 6.07) is 15.8. The summed E-state index contributed by atoms with van der Waals surface area (Å²) in [5, 5.41) is 0.559. The molecule has 1 atom stereocenters. The second-order valence-electron chi connectivity index (χ2n) is 8.94. The number of hydrogen-bond donors (Lipinski definition) is 0. The molecule has 0 spiro atoms. The molecule has 0 bridgehead atoms. The first kappa shape index (κ1) is 25.0. The van der Waals surface area contributed by atoms with E-state index in [2.05, 4.69) is 13.0 Å². The Morgan fingerprint density at radius 1 is 1.22 bits per heavy atom. The van der Waals surface area contributed by atoms with Crippen LogP contribution in [0.3, 0.4) is 0 Å². The predicted octanol–water partition coefficient (Wildman–Crippen LogP) is 5.88. The van der Waals surface area contributed by atoms with Gasteiger partial charge in [-0.3, -0.25) is 9.69 Å². The fraction of sp³-hybridized carbons (Fsp3) is 0.308. The molecule has 5 rings (SSSR count). The summed E-state index contributed by atoms with van der Waals surface area (Å²) in [6.45, 7) is 3.34. The summed E-state index contributed by atoms with van der Waals surface area (Å²) in [5.74, 6) is 0.697. The number of carbonyl (C=O) groups is 1. The molecule has 7 nitrogen and oxygen atoms in total. The van der Waals surface area contributed by atoms with E-state index in [-0.39, 0.29) is 17.3 Å². The van der Waals surface area contributed by atoms with Crippen LogP contribution in [0.5, 0.6) is 0 Å². The summed E-state index contributed by atoms with van der Waals surface area (Å²) in [4.78, 5) is 21.3. The van der Waals surface area contributed by atoms with E-state index in [9.17, 15) is 13.2 Å². The molecular weight excluding hydrogens is 515 g/mol. The first-order chi connectivity index (χ1) is 17.3. The number of piperidine rings is 1. The van der Waals surface area contributed by atoms with Gasteiger partial charge in [-0.1, -0.05) is 18.3 Å². The number of anilines is 1. The predicted molar refractivity (Wildman–Crippen MR) is 144 cm³/mol. The van der Waals surface area contributed by atoms with Gasteiger partial charge in [0, 0.05) is 23.5 Å². The second kappa shape index (κ2) is 10.4. The highest BCUT2D eigenvalue weighted by Gasteiger charge is 2.29. The van der Waals surface area contributed by atoms with E-state index in [0.29, 0.717) is 35.5 Å². The Morgan fingerprint density at radius 3 is 2.72 bits per heavy atom. The Bertz CT molecular complexity index is 1460. The summed E-state index contributed by atoms with van der Waals surface area (Å²) < 4.78 is 34.3. The molecule has 36 heavy (non-hydrogen) atoms. The van der Waals surface area contributed by atoms with Crippen LogP contribution in [0, 0.1) is 5.92 Å². The molecule has 0 radical (unpaired) electrons.